The van der Waals surface area contributed by atoms with E-state index >= 15 is 0 Å². The molecule has 8 heteroatoms. The number of H-pyrrole nitrogens is 1. The lowest BCUT2D eigenvalue weighted by molar-refractivity contribution is -0.117. The Labute approximate surface area is 121 Å². The zero-order chi connectivity index (χ0) is 15.4. The third-order valence-electron chi connectivity index (χ3n) is 2.80. The molecule has 8 nitrogen and oxygen atoms in total. The SMILES string of the molecule is COc1ccc(-c2nc(NC(=O)C(C)N)n[nH]2)c(OC)c1. The normalized spacial score (nSPS) is 11.8. The molecular weight excluding hydrogens is 274 g/mol. The maximum atomic E-state index is 11.5. The number of hydrogen-bond donors (Lipinski definition) is 3. The fourth-order valence-electron chi connectivity index (χ4n) is 1.66. The van der Waals surface area contributed by atoms with E-state index < -0.39 is 6.04 Å². The zero-order valence-corrected chi connectivity index (χ0v) is 12.0. The number of benzene rings is 1. The maximum Gasteiger partial charge on any atom is 0.249 e. The van der Waals surface area contributed by atoms with Crippen LogP contribution < -0.4 is 20.5 Å². The highest BCUT2D eigenvalue weighted by Crippen LogP contribution is 2.31. The minimum absolute atomic E-state index is 0.158. The second-order valence-electron chi connectivity index (χ2n) is 4.35. The number of nitrogens with one attached hydrogen (secondary N) is 2. The molecule has 0 spiro atoms. The van der Waals surface area contributed by atoms with Gasteiger partial charge in [-0.05, 0) is 19.1 Å². The average Bonchev–Trinajstić information content (AvgIpc) is 2.94. The van der Waals surface area contributed by atoms with Gasteiger partial charge in [-0.1, -0.05) is 0 Å². The predicted octanol–water partition coefficient (Wildman–Crippen LogP) is 0.775. The fourth-order valence-corrected chi connectivity index (χ4v) is 1.66. The lowest BCUT2D eigenvalue weighted by atomic mass is 10.2. The highest BCUT2D eigenvalue weighted by Gasteiger charge is 2.14. The third-order valence-corrected chi connectivity index (χ3v) is 2.80. The van der Waals surface area contributed by atoms with Gasteiger partial charge in [0.15, 0.2) is 5.82 Å². The summed E-state index contributed by atoms with van der Waals surface area (Å²) in [6, 6.07) is 4.66. The first kappa shape index (κ1) is 14.8. The number of methoxy groups -OCH3 is 2. The summed E-state index contributed by atoms with van der Waals surface area (Å²) >= 11 is 0. The Morgan fingerprint density at radius 2 is 2.14 bits per heavy atom. The van der Waals surface area contributed by atoms with Gasteiger partial charge in [0, 0.05) is 6.07 Å². The van der Waals surface area contributed by atoms with Gasteiger partial charge < -0.3 is 15.2 Å². The first-order valence-corrected chi connectivity index (χ1v) is 6.26. The van der Waals surface area contributed by atoms with Crippen LogP contribution in [0.15, 0.2) is 18.2 Å². The van der Waals surface area contributed by atoms with Gasteiger partial charge in [-0.15, -0.1) is 5.10 Å². The minimum Gasteiger partial charge on any atom is -0.497 e. The van der Waals surface area contributed by atoms with Crippen molar-refractivity contribution in [3.63, 3.8) is 0 Å². The van der Waals surface area contributed by atoms with Gasteiger partial charge in [0.1, 0.15) is 11.5 Å². The number of rotatable bonds is 5. The van der Waals surface area contributed by atoms with Crippen LogP contribution in [0.1, 0.15) is 6.92 Å². The lowest BCUT2D eigenvalue weighted by Crippen LogP contribution is -2.32. The zero-order valence-electron chi connectivity index (χ0n) is 12.0. The van der Waals surface area contributed by atoms with Crippen LogP contribution >= 0.6 is 0 Å². The number of ether oxygens (including phenoxy) is 2. The number of nitrogens with zero attached hydrogens (tertiary/aromatic N) is 2. The van der Waals surface area contributed by atoms with Crippen LogP contribution in [0.5, 0.6) is 11.5 Å². The number of hydrogen-bond acceptors (Lipinski definition) is 6. The van der Waals surface area contributed by atoms with E-state index in [1.165, 1.54) is 0 Å². The molecule has 0 saturated heterocycles. The monoisotopic (exact) mass is 291 g/mol. The van der Waals surface area contributed by atoms with Crippen molar-refractivity contribution in [1.82, 2.24) is 15.2 Å². The van der Waals surface area contributed by atoms with E-state index in [1.807, 2.05) is 0 Å². The molecule has 1 unspecified atom stereocenters. The summed E-state index contributed by atoms with van der Waals surface area (Å²) in [5.41, 5.74) is 6.17. The molecule has 1 aromatic carbocycles. The van der Waals surface area contributed by atoms with Gasteiger partial charge in [0.05, 0.1) is 25.8 Å². The summed E-state index contributed by atoms with van der Waals surface area (Å²) < 4.78 is 10.4. The van der Waals surface area contributed by atoms with E-state index in [4.69, 9.17) is 15.2 Å². The molecular formula is C13H17N5O3. The first-order chi connectivity index (χ1) is 10.0. The largest absolute Gasteiger partial charge is 0.497 e. The Kier molecular flexibility index (Phi) is 4.39. The highest BCUT2D eigenvalue weighted by atomic mass is 16.5. The van der Waals surface area contributed by atoms with Crippen LogP contribution in [0.2, 0.25) is 0 Å². The number of carbonyl (C=O) groups is 1. The second kappa shape index (κ2) is 6.23. The van der Waals surface area contributed by atoms with Crippen molar-refractivity contribution in [2.75, 3.05) is 19.5 Å². The van der Waals surface area contributed by atoms with E-state index in [9.17, 15) is 4.79 Å². The van der Waals surface area contributed by atoms with Gasteiger partial charge in [-0.25, -0.2) is 0 Å². The number of nitrogens with two attached hydrogens (primary N) is 1. The van der Waals surface area contributed by atoms with Crippen LogP contribution in [-0.4, -0.2) is 41.3 Å². The van der Waals surface area contributed by atoms with Crippen LogP contribution in [0.25, 0.3) is 11.4 Å². The van der Waals surface area contributed by atoms with E-state index in [1.54, 1.807) is 39.3 Å². The minimum atomic E-state index is -0.637. The molecule has 4 N–H and O–H groups in total. The van der Waals surface area contributed by atoms with Gasteiger partial charge in [-0.3, -0.25) is 15.2 Å². The van der Waals surface area contributed by atoms with Crippen molar-refractivity contribution >= 4 is 11.9 Å². The Balaban J connectivity index is 2.27. The van der Waals surface area contributed by atoms with Crippen molar-refractivity contribution in [3.8, 4) is 22.9 Å². The Morgan fingerprint density at radius 1 is 1.38 bits per heavy atom. The Hall–Kier alpha value is -2.61. The number of aromatic amines is 1. The smallest absolute Gasteiger partial charge is 0.249 e. The summed E-state index contributed by atoms with van der Waals surface area (Å²) in [5, 5.41) is 9.17. The molecule has 0 aliphatic heterocycles. The van der Waals surface area contributed by atoms with Gasteiger partial charge in [-0.2, -0.15) is 4.98 Å². The van der Waals surface area contributed by atoms with Crippen molar-refractivity contribution < 1.29 is 14.3 Å². The summed E-state index contributed by atoms with van der Waals surface area (Å²) in [5.74, 6) is 1.51. The average molecular weight is 291 g/mol. The van der Waals surface area contributed by atoms with Crippen molar-refractivity contribution in [2.45, 2.75) is 13.0 Å². The van der Waals surface area contributed by atoms with Gasteiger partial charge in [0.2, 0.25) is 11.9 Å². The summed E-state index contributed by atoms with van der Waals surface area (Å²) in [7, 11) is 3.12. The van der Waals surface area contributed by atoms with Gasteiger partial charge >= 0.3 is 0 Å². The van der Waals surface area contributed by atoms with E-state index in [0.29, 0.717) is 22.9 Å². The van der Waals surface area contributed by atoms with Crippen LogP contribution in [-0.2, 0) is 4.79 Å². The molecule has 0 fully saturated rings. The van der Waals surface area contributed by atoms with Crippen molar-refractivity contribution in [1.29, 1.82) is 0 Å². The van der Waals surface area contributed by atoms with Crippen molar-refractivity contribution in [2.24, 2.45) is 5.73 Å². The molecule has 1 aromatic heterocycles. The molecule has 0 radical (unpaired) electrons. The number of aromatic nitrogens is 3. The Bertz CT molecular complexity index is 638. The summed E-state index contributed by atoms with van der Waals surface area (Å²) in [4.78, 5) is 15.7. The predicted molar refractivity (Wildman–Crippen MR) is 77.2 cm³/mol. The fraction of sp³-hybridized carbons (Fsp3) is 0.308. The van der Waals surface area contributed by atoms with Crippen molar-refractivity contribution in [3.05, 3.63) is 18.2 Å². The van der Waals surface area contributed by atoms with Crippen LogP contribution in [0, 0.1) is 0 Å². The molecule has 1 amide bonds. The second-order valence-corrected chi connectivity index (χ2v) is 4.35. The van der Waals surface area contributed by atoms with E-state index in [2.05, 4.69) is 20.5 Å². The lowest BCUT2D eigenvalue weighted by Gasteiger charge is -2.07. The number of amides is 1. The molecule has 1 atom stereocenters. The number of anilines is 1. The molecule has 21 heavy (non-hydrogen) atoms. The standard InChI is InChI=1S/C13H17N5O3/c1-7(14)12(19)16-13-15-11(17-18-13)9-5-4-8(20-2)6-10(9)21-3/h4-7H,14H2,1-3H3,(H2,15,16,17,18,19). The molecule has 0 saturated carbocycles. The third kappa shape index (κ3) is 3.29. The van der Waals surface area contributed by atoms with E-state index in [0.717, 1.165) is 0 Å². The quantitative estimate of drug-likeness (QED) is 0.749. The first-order valence-electron chi connectivity index (χ1n) is 6.26. The molecule has 112 valence electrons. The molecule has 0 bridgehead atoms. The van der Waals surface area contributed by atoms with Gasteiger partial charge in [0.25, 0.3) is 0 Å². The van der Waals surface area contributed by atoms with Crippen LogP contribution in [0.3, 0.4) is 0 Å². The highest BCUT2D eigenvalue weighted by molar-refractivity contribution is 5.93. The molecule has 2 aromatic rings. The van der Waals surface area contributed by atoms with E-state index in [-0.39, 0.29) is 11.9 Å². The summed E-state index contributed by atoms with van der Waals surface area (Å²) in [6.45, 7) is 1.58. The summed E-state index contributed by atoms with van der Waals surface area (Å²) in [6.07, 6.45) is 0. The Morgan fingerprint density at radius 3 is 2.76 bits per heavy atom. The molecule has 2 rings (SSSR count). The maximum absolute atomic E-state index is 11.5. The topological polar surface area (TPSA) is 115 Å². The molecule has 0 aliphatic rings. The number of carbonyl (C=O) groups excluding carboxylic acids is 1. The molecule has 1 heterocycles. The van der Waals surface area contributed by atoms with Crippen LogP contribution in [0.4, 0.5) is 5.95 Å². The molecule has 0 aliphatic carbocycles.